The Labute approximate surface area is 90.8 Å². The van der Waals surface area contributed by atoms with Gasteiger partial charge in [-0.1, -0.05) is 11.6 Å². The maximum Gasteiger partial charge on any atom is 0.397 e. The van der Waals surface area contributed by atoms with Gasteiger partial charge in [0.1, 0.15) is 0 Å². The molecule has 1 heterocycles. The molecule has 0 aliphatic carbocycles. The number of halogens is 1. The lowest BCUT2D eigenvalue weighted by Gasteiger charge is -1.89. The minimum absolute atomic E-state index is 0.0586. The number of rotatable bonds is 1. The minimum atomic E-state index is -4.16. The van der Waals surface area contributed by atoms with Crippen LogP contribution in [-0.4, -0.2) is 36.3 Å². The molecule has 0 radical (unpaired) electrons. The first-order chi connectivity index (χ1) is 6.28. The van der Waals surface area contributed by atoms with Gasteiger partial charge in [0.2, 0.25) is 5.78 Å². The quantitative estimate of drug-likeness (QED) is 0.551. The van der Waals surface area contributed by atoms with E-state index in [2.05, 4.69) is 8.58 Å². The molecule has 0 spiro atoms. The Kier molecular flexibility index (Phi) is 5.60. The summed E-state index contributed by atoms with van der Waals surface area (Å²) < 4.78 is 33.4. The van der Waals surface area contributed by atoms with Gasteiger partial charge in [-0.3, -0.25) is 13.5 Å². The molecule has 1 rings (SSSR count). The highest BCUT2D eigenvalue weighted by Crippen LogP contribution is 2.22. The first kappa shape index (κ1) is 13.8. The summed E-state index contributed by atoms with van der Waals surface area (Å²) in [5.74, 6) is -0.0586. The molecule has 14 heavy (non-hydrogen) atoms. The van der Waals surface area contributed by atoms with Gasteiger partial charge in [0.15, 0.2) is 5.17 Å². The Morgan fingerprint density at radius 3 is 2.14 bits per heavy atom. The third-order valence-corrected chi connectivity index (χ3v) is 2.68. The van der Waals surface area contributed by atoms with Crippen molar-refractivity contribution in [3.05, 3.63) is 0 Å². The Hall–Kier alpha value is -0.150. The highest BCUT2D eigenvalue weighted by molar-refractivity contribution is 8.00. The molecule has 0 fully saturated rings. The lowest BCUT2D eigenvalue weighted by molar-refractivity contribution is -0.111. The van der Waals surface area contributed by atoms with E-state index in [0.717, 1.165) is 7.11 Å². The van der Waals surface area contributed by atoms with Crippen molar-refractivity contribution in [1.82, 2.24) is 0 Å². The summed E-state index contributed by atoms with van der Waals surface area (Å²) >= 11 is 6.56. The molecule has 1 atom stereocenters. The van der Waals surface area contributed by atoms with Crippen LogP contribution in [0.15, 0.2) is 4.40 Å². The van der Waals surface area contributed by atoms with Gasteiger partial charge in [0.25, 0.3) is 0 Å². The molecule has 1 unspecified atom stereocenters. The van der Waals surface area contributed by atoms with Crippen molar-refractivity contribution in [2.24, 2.45) is 4.40 Å². The summed E-state index contributed by atoms with van der Waals surface area (Å²) in [6.45, 7) is 1.78. The van der Waals surface area contributed by atoms with Crippen molar-refractivity contribution in [1.29, 1.82) is 0 Å². The summed E-state index contributed by atoms with van der Waals surface area (Å²) in [6, 6.07) is 0. The smallest absolute Gasteiger partial charge is 0.290 e. The van der Waals surface area contributed by atoms with Gasteiger partial charge < -0.3 is 0 Å². The van der Waals surface area contributed by atoms with Crippen LogP contribution in [0.2, 0.25) is 0 Å². The van der Waals surface area contributed by atoms with E-state index in [9.17, 15) is 13.2 Å². The fraction of sp³-hybridized carbons (Fsp3) is 0.600. The molecule has 0 aromatic carbocycles. The summed E-state index contributed by atoms with van der Waals surface area (Å²) in [7, 11) is -3.29. The molecule has 1 N–H and O–H groups in total. The van der Waals surface area contributed by atoms with Crippen molar-refractivity contribution < 1.29 is 21.9 Å². The highest BCUT2D eigenvalue weighted by atomic mass is 35.5. The van der Waals surface area contributed by atoms with Crippen LogP contribution in [0.25, 0.3) is 0 Å². The fourth-order valence-corrected chi connectivity index (χ4v) is 1.28. The largest absolute Gasteiger partial charge is 0.397 e. The lowest BCUT2D eigenvalue weighted by Crippen LogP contribution is -2.12. The average Bonchev–Trinajstić information content (AvgIpc) is 2.36. The zero-order valence-electron chi connectivity index (χ0n) is 7.30. The first-order valence-electron chi connectivity index (χ1n) is 3.24. The number of ketones is 1. The van der Waals surface area contributed by atoms with E-state index in [1.807, 2.05) is 0 Å². The molecule has 0 aromatic rings. The number of carbonyl (C=O) groups is 1. The highest BCUT2D eigenvalue weighted by Gasteiger charge is 2.24. The SMILES string of the molecule is CC1SN=C(Cl)C1=O.COS(=O)(=O)O. The summed E-state index contributed by atoms with van der Waals surface area (Å²) in [4.78, 5) is 10.6. The second-order valence-corrected chi connectivity index (χ2v) is 4.74. The molecule has 0 aromatic heterocycles. The van der Waals surface area contributed by atoms with Crippen LogP contribution in [0, 0.1) is 0 Å². The molecular weight excluding hydrogens is 254 g/mol. The minimum Gasteiger partial charge on any atom is -0.290 e. The molecule has 0 saturated carbocycles. The van der Waals surface area contributed by atoms with E-state index in [0.29, 0.717) is 0 Å². The topological polar surface area (TPSA) is 93.0 Å². The zero-order chi connectivity index (χ0) is 11.4. The van der Waals surface area contributed by atoms with Gasteiger partial charge in [-0.15, -0.1) is 0 Å². The van der Waals surface area contributed by atoms with Crippen LogP contribution < -0.4 is 0 Å². The van der Waals surface area contributed by atoms with Crippen LogP contribution in [0.4, 0.5) is 0 Å². The van der Waals surface area contributed by atoms with Crippen molar-refractivity contribution in [3.8, 4) is 0 Å². The van der Waals surface area contributed by atoms with Crippen LogP contribution in [-0.2, 0) is 19.4 Å². The Morgan fingerprint density at radius 2 is 2.07 bits per heavy atom. The summed E-state index contributed by atoms with van der Waals surface area (Å²) in [6.07, 6.45) is 0. The third-order valence-electron chi connectivity index (χ3n) is 1.07. The van der Waals surface area contributed by atoms with Gasteiger partial charge in [-0.25, -0.2) is 0 Å². The van der Waals surface area contributed by atoms with E-state index < -0.39 is 10.4 Å². The van der Waals surface area contributed by atoms with Crippen molar-refractivity contribution in [3.63, 3.8) is 0 Å². The molecule has 0 saturated heterocycles. The fourth-order valence-electron chi connectivity index (χ4n) is 0.386. The first-order valence-corrected chi connectivity index (χ1v) is 5.82. The number of Topliss-reactive ketones (excluding diaryl/α,β-unsaturated/α-hetero) is 1. The molecule has 6 nitrogen and oxygen atoms in total. The Balaban J connectivity index is 0.000000255. The summed E-state index contributed by atoms with van der Waals surface area (Å²) in [5, 5.41) is 0.0602. The number of hydrogen-bond acceptors (Lipinski definition) is 6. The summed E-state index contributed by atoms with van der Waals surface area (Å²) in [5.41, 5.74) is 0. The molecule has 0 bridgehead atoms. The zero-order valence-corrected chi connectivity index (χ0v) is 9.69. The van der Waals surface area contributed by atoms with E-state index >= 15 is 0 Å². The van der Waals surface area contributed by atoms with E-state index in [-0.39, 0.29) is 16.2 Å². The normalized spacial score (nSPS) is 21.3. The van der Waals surface area contributed by atoms with Gasteiger partial charge >= 0.3 is 10.4 Å². The Bertz CT molecular complexity index is 338. The van der Waals surface area contributed by atoms with Crippen LogP contribution >= 0.6 is 23.5 Å². The molecular formula is C5H8ClNO5S2. The lowest BCUT2D eigenvalue weighted by atomic mass is 10.3. The monoisotopic (exact) mass is 261 g/mol. The van der Waals surface area contributed by atoms with Crippen LogP contribution in [0.1, 0.15) is 6.92 Å². The third kappa shape index (κ3) is 5.55. The van der Waals surface area contributed by atoms with Gasteiger partial charge in [0, 0.05) is 0 Å². The number of nitrogens with zero attached hydrogens (tertiary/aromatic N) is 1. The second kappa shape index (κ2) is 5.66. The van der Waals surface area contributed by atoms with Crippen LogP contribution in [0.5, 0.6) is 0 Å². The molecule has 1 aliphatic heterocycles. The number of carbonyl (C=O) groups excluding carboxylic acids is 1. The van der Waals surface area contributed by atoms with Crippen molar-refractivity contribution >= 4 is 44.9 Å². The molecule has 0 amide bonds. The molecule has 9 heteroatoms. The van der Waals surface area contributed by atoms with E-state index in [1.165, 1.54) is 11.9 Å². The second-order valence-electron chi connectivity index (χ2n) is 2.09. The van der Waals surface area contributed by atoms with E-state index in [4.69, 9.17) is 16.2 Å². The van der Waals surface area contributed by atoms with Crippen LogP contribution in [0.3, 0.4) is 0 Å². The van der Waals surface area contributed by atoms with Crippen molar-refractivity contribution in [2.75, 3.05) is 7.11 Å². The molecule has 82 valence electrons. The van der Waals surface area contributed by atoms with Gasteiger partial charge in [-0.2, -0.15) is 12.8 Å². The van der Waals surface area contributed by atoms with Gasteiger partial charge in [-0.05, 0) is 18.9 Å². The Morgan fingerprint density at radius 1 is 1.64 bits per heavy atom. The predicted octanol–water partition coefficient (Wildman–Crippen LogP) is 0.679. The van der Waals surface area contributed by atoms with Crippen molar-refractivity contribution in [2.45, 2.75) is 12.2 Å². The average molecular weight is 262 g/mol. The number of hydrogen-bond donors (Lipinski definition) is 1. The molecule has 1 aliphatic rings. The maximum atomic E-state index is 10.6. The van der Waals surface area contributed by atoms with E-state index in [1.54, 1.807) is 6.92 Å². The standard InChI is InChI=1S/C4H4ClNOS.CH4O4S/c1-2-3(7)4(5)6-8-2;1-5-6(2,3)4/h2H,1H3;1H3,(H,2,3,4). The predicted molar refractivity (Wildman–Crippen MR) is 53.9 cm³/mol. The van der Waals surface area contributed by atoms with Gasteiger partial charge in [0.05, 0.1) is 12.4 Å². The maximum absolute atomic E-state index is 10.6.